The lowest BCUT2D eigenvalue weighted by Gasteiger charge is -2.31. The van der Waals surface area contributed by atoms with Crippen molar-refractivity contribution in [1.29, 1.82) is 0 Å². The van der Waals surface area contributed by atoms with Crippen LogP contribution < -0.4 is 5.32 Å². The molecule has 1 unspecified atom stereocenters. The Kier molecular flexibility index (Phi) is 7.12. The van der Waals surface area contributed by atoms with Crippen molar-refractivity contribution in [1.82, 2.24) is 10.4 Å². The monoisotopic (exact) mass is 486 g/mol. The fraction of sp³-hybridized carbons (Fsp3) is 0.348. The zero-order chi connectivity index (χ0) is 23.7. The maximum absolute atomic E-state index is 14.3. The quantitative estimate of drug-likeness (QED) is 0.473. The zero-order valence-corrected chi connectivity index (χ0v) is 19.3. The number of hydrogen-bond donors (Lipinski definition) is 1. The molecule has 32 heavy (non-hydrogen) atoms. The number of nitrogens with one attached hydrogen (secondary N) is 1. The first kappa shape index (κ1) is 24.4. The summed E-state index contributed by atoms with van der Waals surface area (Å²) < 4.78 is 42.9. The summed E-state index contributed by atoms with van der Waals surface area (Å²) in [6.45, 7) is 4.33. The minimum Gasteiger partial charge on any atom is -0.352 e. The van der Waals surface area contributed by atoms with E-state index in [1.807, 2.05) is 6.92 Å². The van der Waals surface area contributed by atoms with Crippen LogP contribution in [0.5, 0.6) is 0 Å². The molecule has 2 aromatic carbocycles. The molecule has 1 atom stereocenters. The highest BCUT2D eigenvalue weighted by Gasteiger charge is 2.60. The number of amides is 1. The van der Waals surface area contributed by atoms with Crippen LogP contribution in [0.1, 0.15) is 46.8 Å². The van der Waals surface area contributed by atoms with Crippen LogP contribution in [-0.2, 0) is 10.4 Å². The van der Waals surface area contributed by atoms with Gasteiger partial charge in [0.2, 0.25) is 5.60 Å². The van der Waals surface area contributed by atoms with Gasteiger partial charge in [-0.25, -0.2) is 4.84 Å². The average Bonchev–Trinajstić information content (AvgIpc) is 3.06. The second-order valence-corrected chi connectivity index (χ2v) is 8.52. The van der Waals surface area contributed by atoms with Crippen LogP contribution in [0, 0.1) is 6.92 Å². The third-order valence-electron chi connectivity index (χ3n) is 5.26. The molecule has 4 nitrogen and oxygen atoms in total. The average molecular weight is 487 g/mol. The fourth-order valence-electron chi connectivity index (χ4n) is 3.59. The molecule has 0 saturated carbocycles. The van der Waals surface area contributed by atoms with Gasteiger partial charge >= 0.3 is 6.18 Å². The molecule has 172 valence electrons. The molecule has 0 spiro atoms. The van der Waals surface area contributed by atoms with Crippen LogP contribution in [0.3, 0.4) is 0 Å². The van der Waals surface area contributed by atoms with E-state index in [0.29, 0.717) is 23.2 Å². The summed E-state index contributed by atoms with van der Waals surface area (Å²) in [4.78, 5) is 17.8. The Morgan fingerprint density at radius 1 is 1.16 bits per heavy atom. The minimum atomic E-state index is -4.79. The summed E-state index contributed by atoms with van der Waals surface area (Å²) in [6, 6.07) is 8.59. The predicted molar refractivity (Wildman–Crippen MR) is 119 cm³/mol. The molecule has 1 amide bonds. The Hall–Kier alpha value is -2.22. The van der Waals surface area contributed by atoms with E-state index in [1.54, 1.807) is 25.1 Å². The highest BCUT2D eigenvalue weighted by molar-refractivity contribution is 6.34. The van der Waals surface area contributed by atoms with Crippen LogP contribution in [0.15, 0.2) is 42.5 Å². The van der Waals surface area contributed by atoms with Crippen molar-refractivity contribution < 1.29 is 22.8 Å². The molecular formula is C23H23Cl2F3N2O2. The number of rotatable bonds is 6. The summed E-state index contributed by atoms with van der Waals surface area (Å²) in [6.07, 6.45) is -1.96. The summed E-state index contributed by atoms with van der Waals surface area (Å²) in [5, 5.41) is 4.04. The van der Waals surface area contributed by atoms with Gasteiger partial charge in [0.1, 0.15) is 0 Å². The van der Waals surface area contributed by atoms with Crippen LogP contribution >= 0.6 is 23.2 Å². The highest BCUT2D eigenvalue weighted by Crippen LogP contribution is 2.51. The van der Waals surface area contributed by atoms with E-state index in [4.69, 9.17) is 28.0 Å². The van der Waals surface area contributed by atoms with Crippen molar-refractivity contribution in [2.24, 2.45) is 0 Å². The zero-order valence-electron chi connectivity index (χ0n) is 17.8. The van der Waals surface area contributed by atoms with Gasteiger partial charge in [0.15, 0.2) is 0 Å². The largest absolute Gasteiger partial charge is 0.428 e. The van der Waals surface area contributed by atoms with E-state index in [1.165, 1.54) is 25.2 Å². The molecular weight excluding hydrogens is 464 g/mol. The summed E-state index contributed by atoms with van der Waals surface area (Å²) in [5.41, 5.74) is -1.19. The number of hydroxylamine groups is 2. The maximum Gasteiger partial charge on any atom is 0.428 e. The number of alkyl halides is 3. The first-order valence-electron chi connectivity index (χ1n) is 10.1. The molecule has 3 rings (SSSR count). The Balaban J connectivity index is 2.02. The predicted octanol–water partition coefficient (Wildman–Crippen LogP) is 6.51. The SMILES string of the molecule is CCCCNC(=O)c1ccc(C2=CC(c3cc(Cl)cc(Cl)c3)(C(F)(F)F)ON2C)cc1C. The van der Waals surface area contributed by atoms with Gasteiger partial charge < -0.3 is 5.32 Å². The van der Waals surface area contributed by atoms with E-state index < -0.39 is 11.8 Å². The summed E-state index contributed by atoms with van der Waals surface area (Å²) in [7, 11) is 1.40. The Bertz CT molecular complexity index is 1040. The van der Waals surface area contributed by atoms with E-state index in [9.17, 15) is 18.0 Å². The van der Waals surface area contributed by atoms with Crippen molar-refractivity contribution in [3.8, 4) is 0 Å². The standard InChI is InChI=1S/C23H23Cl2F3N2O2/c1-4-5-8-29-21(31)19-7-6-15(9-14(19)2)20-13-22(23(26,27)28,32-30(20)3)16-10-17(24)12-18(25)11-16/h6-7,9-13H,4-5,8H2,1-3H3,(H,29,31). The fourth-order valence-corrected chi connectivity index (χ4v) is 4.12. The number of nitrogens with zero attached hydrogens (tertiary/aromatic N) is 1. The topological polar surface area (TPSA) is 41.6 Å². The summed E-state index contributed by atoms with van der Waals surface area (Å²) in [5.74, 6) is -0.217. The van der Waals surface area contributed by atoms with Crippen molar-refractivity contribution in [3.63, 3.8) is 0 Å². The van der Waals surface area contributed by atoms with Crippen LogP contribution in [-0.4, -0.2) is 30.7 Å². The Morgan fingerprint density at radius 2 is 1.81 bits per heavy atom. The van der Waals surface area contributed by atoms with Gasteiger partial charge in [-0.05, 0) is 55.3 Å². The van der Waals surface area contributed by atoms with E-state index >= 15 is 0 Å². The van der Waals surface area contributed by atoms with Gasteiger partial charge in [0.25, 0.3) is 5.91 Å². The van der Waals surface area contributed by atoms with Gasteiger partial charge in [-0.2, -0.15) is 13.2 Å². The highest BCUT2D eigenvalue weighted by atomic mass is 35.5. The smallest absolute Gasteiger partial charge is 0.352 e. The third kappa shape index (κ3) is 4.75. The second-order valence-electron chi connectivity index (χ2n) is 7.65. The van der Waals surface area contributed by atoms with Crippen molar-refractivity contribution in [3.05, 3.63) is 74.8 Å². The molecule has 1 aliphatic heterocycles. The molecule has 0 aromatic heterocycles. The number of carbonyl (C=O) groups excluding carboxylic acids is 1. The van der Waals surface area contributed by atoms with Crippen LogP contribution in [0.2, 0.25) is 10.0 Å². The van der Waals surface area contributed by atoms with Crippen molar-refractivity contribution in [2.75, 3.05) is 13.6 Å². The van der Waals surface area contributed by atoms with E-state index in [2.05, 4.69) is 5.32 Å². The first-order chi connectivity index (χ1) is 15.0. The second kappa shape index (κ2) is 9.33. The maximum atomic E-state index is 14.3. The number of carbonyl (C=O) groups is 1. The molecule has 9 heteroatoms. The number of benzene rings is 2. The number of hydrogen-bond acceptors (Lipinski definition) is 3. The molecule has 2 aromatic rings. The summed E-state index contributed by atoms with van der Waals surface area (Å²) >= 11 is 11.9. The Morgan fingerprint density at radius 3 is 2.38 bits per heavy atom. The molecule has 1 aliphatic rings. The van der Waals surface area contributed by atoms with Crippen molar-refractivity contribution >= 4 is 34.8 Å². The van der Waals surface area contributed by atoms with Crippen LogP contribution in [0.4, 0.5) is 13.2 Å². The van der Waals surface area contributed by atoms with E-state index in [0.717, 1.165) is 24.0 Å². The molecule has 1 heterocycles. The molecule has 0 bridgehead atoms. The van der Waals surface area contributed by atoms with Gasteiger partial charge in [0.05, 0.1) is 5.70 Å². The van der Waals surface area contributed by atoms with Crippen molar-refractivity contribution in [2.45, 2.75) is 38.5 Å². The van der Waals surface area contributed by atoms with Gasteiger partial charge in [-0.15, -0.1) is 0 Å². The normalized spacial score (nSPS) is 18.6. The lowest BCUT2D eigenvalue weighted by Crippen LogP contribution is -2.42. The van der Waals surface area contributed by atoms with Crippen LogP contribution in [0.25, 0.3) is 5.70 Å². The van der Waals surface area contributed by atoms with Gasteiger partial charge in [-0.1, -0.05) is 42.6 Å². The molecule has 0 radical (unpaired) electrons. The lowest BCUT2D eigenvalue weighted by molar-refractivity contribution is -0.308. The third-order valence-corrected chi connectivity index (χ3v) is 5.69. The van der Waals surface area contributed by atoms with Gasteiger partial charge in [-0.3, -0.25) is 9.86 Å². The number of aryl methyl sites for hydroxylation is 1. The molecule has 0 saturated heterocycles. The number of unbranched alkanes of at least 4 members (excludes halogenated alkanes) is 1. The van der Waals surface area contributed by atoms with E-state index in [-0.39, 0.29) is 27.2 Å². The molecule has 0 aliphatic carbocycles. The minimum absolute atomic E-state index is 0.0681. The number of halogens is 5. The first-order valence-corrected chi connectivity index (χ1v) is 10.8. The lowest BCUT2D eigenvalue weighted by atomic mass is 9.91. The van der Waals surface area contributed by atoms with Gasteiger partial charge in [0, 0.05) is 40.3 Å². The Labute approximate surface area is 194 Å². The molecule has 0 fully saturated rings. The molecule has 1 N–H and O–H groups in total.